The lowest BCUT2D eigenvalue weighted by molar-refractivity contribution is 0.0356. The molecule has 3 nitrogen and oxygen atoms in total. The van der Waals surface area contributed by atoms with E-state index in [-0.39, 0.29) is 5.54 Å². The Morgan fingerprint density at radius 2 is 1.58 bits per heavy atom. The van der Waals surface area contributed by atoms with Crippen LogP contribution in [0.3, 0.4) is 0 Å². The van der Waals surface area contributed by atoms with Crippen LogP contribution in [0.4, 0.5) is 0 Å². The summed E-state index contributed by atoms with van der Waals surface area (Å²) in [5, 5.41) is 17.8. The normalized spacial score (nSPS) is 24.4. The van der Waals surface area contributed by atoms with Crippen molar-refractivity contribution in [2.45, 2.75) is 51.8 Å². The Morgan fingerprint density at radius 1 is 1.08 bits per heavy atom. The van der Waals surface area contributed by atoms with Crippen LogP contribution >= 0.6 is 0 Å². The first-order valence-corrected chi connectivity index (χ1v) is 4.48. The smallest absolute Gasteiger partial charge is 0.176 e. The molecule has 3 heteroatoms. The van der Waals surface area contributed by atoms with E-state index in [2.05, 4.69) is 10.2 Å². The fraction of sp³-hybridized carbons (Fsp3) is 1.00. The quantitative estimate of drug-likeness (QED) is 0.635. The fourth-order valence-electron chi connectivity index (χ4n) is 0.963. The summed E-state index contributed by atoms with van der Waals surface area (Å²) < 4.78 is 0. The molecule has 0 amide bonds. The van der Waals surface area contributed by atoms with E-state index in [1.165, 1.54) is 0 Å². The molecule has 0 aliphatic heterocycles. The van der Waals surface area contributed by atoms with Crippen molar-refractivity contribution in [2.75, 3.05) is 0 Å². The second-order valence-corrected chi connectivity index (χ2v) is 4.74. The Balaban J connectivity index is 2.53. The molecule has 12 heavy (non-hydrogen) atoms. The number of azo groups is 1. The lowest BCUT2D eigenvalue weighted by atomic mass is 10.1. The van der Waals surface area contributed by atoms with Crippen molar-refractivity contribution in [1.29, 1.82) is 0 Å². The molecule has 1 aliphatic rings. The Morgan fingerprint density at radius 3 is 1.92 bits per heavy atom. The highest BCUT2D eigenvalue weighted by atomic mass is 16.3. The van der Waals surface area contributed by atoms with E-state index >= 15 is 0 Å². The lowest BCUT2D eigenvalue weighted by Crippen LogP contribution is -2.24. The molecular weight excluding hydrogens is 152 g/mol. The summed E-state index contributed by atoms with van der Waals surface area (Å²) in [4.78, 5) is 0. The van der Waals surface area contributed by atoms with Gasteiger partial charge in [-0.1, -0.05) is 0 Å². The molecule has 70 valence electrons. The molecule has 0 spiro atoms. The van der Waals surface area contributed by atoms with E-state index in [1.807, 2.05) is 20.8 Å². The van der Waals surface area contributed by atoms with Crippen LogP contribution in [0, 0.1) is 5.92 Å². The molecule has 0 bridgehead atoms. The number of rotatable bonds is 2. The monoisotopic (exact) mass is 170 g/mol. The van der Waals surface area contributed by atoms with Crippen molar-refractivity contribution >= 4 is 0 Å². The third-order valence-electron chi connectivity index (χ3n) is 1.90. The zero-order valence-corrected chi connectivity index (χ0v) is 8.33. The summed E-state index contributed by atoms with van der Waals surface area (Å²) in [6.45, 7) is 7.65. The third kappa shape index (κ3) is 2.89. The summed E-state index contributed by atoms with van der Waals surface area (Å²) in [5.74, 6) is 0.337. The maximum atomic E-state index is 9.76. The molecule has 1 N–H and O–H groups in total. The second-order valence-electron chi connectivity index (χ2n) is 4.74. The van der Waals surface area contributed by atoms with Crippen LogP contribution < -0.4 is 0 Å². The second kappa shape index (κ2) is 2.80. The minimum Gasteiger partial charge on any atom is -0.368 e. The van der Waals surface area contributed by atoms with Crippen LogP contribution in [-0.4, -0.2) is 16.4 Å². The van der Waals surface area contributed by atoms with Gasteiger partial charge in [0.25, 0.3) is 0 Å². The van der Waals surface area contributed by atoms with Gasteiger partial charge in [-0.15, -0.1) is 0 Å². The standard InChI is InChI=1S/C9H18N2O/c1-8(2,3)10-11-9(4,12)7-5-6-7/h7,12H,5-6H2,1-4H3/b11-10+. The first kappa shape index (κ1) is 9.65. The Hall–Kier alpha value is -0.440. The Bertz CT molecular complexity index is 187. The molecule has 1 rings (SSSR count). The van der Waals surface area contributed by atoms with Crippen molar-refractivity contribution in [2.24, 2.45) is 16.1 Å². The third-order valence-corrected chi connectivity index (χ3v) is 1.90. The summed E-state index contributed by atoms with van der Waals surface area (Å²) in [5.41, 5.74) is -1.10. The van der Waals surface area contributed by atoms with E-state index in [1.54, 1.807) is 6.92 Å². The van der Waals surface area contributed by atoms with Gasteiger partial charge in [0.1, 0.15) is 0 Å². The van der Waals surface area contributed by atoms with Crippen LogP contribution in [0.2, 0.25) is 0 Å². The summed E-state index contributed by atoms with van der Waals surface area (Å²) in [6.07, 6.45) is 2.16. The SMILES string of the molecule is CC(C)(C)/N=N/C(C)(O)C1CC1. The summed E-state index contributed by atoms with van der Waals surface area (Å²) in [6, 6.07) is 0. The molecule has 0 saturated heterocycles. The molecule has 0 aromatic carbocycles. The van der Waals surface area contributed by atoms with Crippen molar-refractivity contribution in [3.05, 3.63) is 0 Å². The van der Waals surface area contributed by atoms with E-state index in [0.29, 0.717) is 5.92 Å². The zero-order valence-electron chi connectivity index (χ0n) is 8.33. The minimum atomic E-state index is -0.923. The first-order valence-electron chi connectivity index (χ1n) is 4.48. The zero-order chi connectivity index (χ0) is 9.41. The van der Waals surface area contributed by atoms with Crippen LogP contribution in [0.5, 0.6) is 0 Å². The van der Waals surface area contributed by atoms with Gasteiger partial charge in [0, 0.05) is 5.92 Å². The molecule has 1 aliphatic carbocycles. The number of hydrogen-bond donors (Lipinski definition) is 1. The summed E-state index contributed by atoms with van der Waals surface area (Å²) >= 11 is 0. The average Bonchev–Trinajstić information content (AvgIpc) is 2.62. The van der Waals surface area contributed by atoms with Crippen LogP contribution in [-0.2, 0) is 0 Å². The molecule has 1 saturated carbocycles. The molecule has 1 unspecified atom stereocenters. The highest BCUT2D eigenvalue weighted by Crippen LogP contribution is 2.40. The van der Waals surface area contributed by atoms with E-state index in [9.17, 15) is 5.11 Å². The number of nitrogens with zero attached hydrogens (tertiary/aromatic N) is 2. The maximum Gasteiger partial charge on any atom is 0.176 e. The first-order chi connectivity index (χ1) is 5.31. The molecule has 0 heterocycles. The van der Waals surface area contributed by atoms with Gasteiger partial charge >= 0.3 is 0 Å². The van der Waals surface area contributed by atoms with Gasteiger partial charge in [-0.2, -0.15) is 10.2 Å². The Labute approximate surface area is 73.9 Å². The van der Waals surface area contributed by atoms with E-state index in [0.717, 1.165) is 12.8 Å². The number of aliphatic hydroxyl groups is 1. The van der Waals surface area contributed by atoms with Crippen LogP contribution in [0.25, 0.3) is 0 Å². The van der Waals surface area contributed by atoms with Gasteiger partial charge in [-0.3, -0.25) is 0 Å². The fourth-order valence-corrected chi connectivity index (χ4v) is 0.963. The van der Waals surface area contributed by atoms with Gasteiger partial charge in [0.2, 0.25) is 0 Å². The average molecular weight is 170 g/mol. The summed E-state index contributed by atoms with van der Waals surface area (Å²) in [7, 11) is 0. The van der Waals surface area contributed by atoms with Gasteiger partial charge < -0.3 is 5.11 Å². The Kier molecular flexibility index (Phi) is 2.25. The molecule has 0 aromatic heterocycles. The van der Waals surface area contributed by atoms with Gasteiger partial charge in [0.15, 0.2) is 5.72 Å². The largest absolute Gasteiger partial charge is 0.368 e. The lowest BCUT2D eigenvalue weighted by Gasteiger charge is -2.18. The topological polar surface area (TPSA) is 45.0 Å². The van der Waals surface area contributed by atoms with E-state index in [4.69, 9.17) is 0 Å². The van der Waals surface area contributed by atoms with Crippen molar-refractivity contribution in [3.8, 4) is 0 Å². The molecule has 0 radical (unpaired) electrons. The van der Waals surface area contributed by atoms with Gasteiger partial charge in [-0.25, -0.2) is 0 Å². The number of hydrogen-bond acceptors (Lipinski definition) is 3. The van der Waals surface area contributed by atoms with Crippen molar-refractivity contribution < 1.29 is 5.11 Å². The van der Waals surface area contributed by atoms with Gasteiger partial charge in [-0.05, 0) is 40.5 Å². The molecule has 1 atom stereocenters. The predicted octanol–water partition coefficient (Wildman–Crippen LogP) is 2.36. The van der Waals surface area contributed by atoms with E-state index < -0.39 is 5.72 Å². The van der Waals surface area contributed by atoms with Crippen molar-refractivity contribution in [3.63, 3.8) is 0 Å². The maximum absolute atomic E-state index is 9.76. The highest BCUT2D eigenvalue weighted by Gasteiger charge is 2.40. The molecule has 0 aromatic rings. The molecule has 1 fully saturated rings. The highest BCUT2D eigenvalue weighted by molar-refractivity contribution is 4.89. The van der Waals surface area contributed by atoms with Crippen LogP contribution in [0.15, 0.2) is 10.2 Å². The van der Waals surface area contributed by atoms with Gasteiger partial charge in [0.05, 0.1) is 5.54 Å². The van der Waals surface area contributed by atoms with Crippen LogP contribution in [0.1, 0.15) is 40.5 Å². The van der Waals surface area contributed by atoms with Crippen molar-refractivity contribution in [1.82, 2.24) is 0 Å². The minimum absolute atomic E-state index is 0.182. The predicted molar refractivity (Wildman–Crippen MR) is 48.0 cm³/mol. The molecular formula is C9H18N2O.